The zero-order chi connectivity index (χ0) is 26.1. The van der Waals surface area contributed by atoms with Crippen LogP contribution in [0.4, 0.5) is 0 Å². The van der Waals surface area contributed by atoms with Gasteiger partial charge < -0.3 is 19.6 Å². The Kier molecular flexibility index (Phi) is 10.0. The Balaban J connectivity index is 1.57. The molecule has 1 amide bonds. The van der Waals surface area contributed by atoms with Crippen LogP contribution in [0.15, 0.2) is 30.3 Å². The number of carboxylic acid groups (broad SMARTS) is 1. The molecule has 0 aromatic heterocycles. The summed E-state index contributed by atoms with van der Waals surface area (Å²) >= 11 is 0. The summed E-state index contributed by atoms with van der Waals surface area (Å²) in [6.45, 7) is 1.66. The molecule has 2 N–H and O–H groups in total. The molecule has 11 nitrogen and oxygen atoms in total. The van der Waals surface area contributed by atoms with E-state index in [9.17, 15) is 29.6 Å². The van der Waals surface area contributed by atoms with Crippen LogP contribution in [0.2, 0.25) is 0 Å². The van der Waals surface area contributed by atoms with Crippen LogP contribution in [0.3, 0.4) is 0 Å². The Morgan fingerprint density at radius 3 is 2.61 bits per heavy atom. The quantitative estimate of drug-likeness (QED) is 0.168. The highest BCUT2D eigenvalue weighted by Gasteiger charge is 2.50. The van der Waals surface area contributed by atoms with Gasteiger partial charge in [-0.3, -0.25) is 14.9 Å². The molecule has 1 heterocycles. The molecule has 0 radical (unpaired) electrons. The van der Waals surface area contributed by atoms with Crippen molar-refractivity contribution in [1.29, 1.82) is 0 Å². The number of fused-ring (bicyclic) bond motifs is 1. The number of benzene rings is 1. The number of nitrogens with zero attached hydrogens (tertiary/aromatic N) is 2. The van der Waals surface area contributed by atoms with Crippen molar-refractivity contribution in [1.82, 2.24) is 10.2 Å². The van der Waals surface area contributed by atoms with Crippen molar-refractivity contribution in [3.63, 3.8) is 0 Å². The van der Waals surface area contributed by atoms with Crippen LogP contribution in [0.1, 0.15) is 57.4 Å². The third kappa shape index (κ3) is 7.39. The van der Waals surface area contributed by atoms with Gasteiger partial charge in [0.1, 0.15) is 12.1 Å². The number of ether oxygens (including phenoxy) is 1. The highest BCUT2D eigenvalue weighted by molar-refractivity contribution is 5.89. The Labute approximate surface area is 210 Å². The van der Waals surface area contributed by atoms with Gasteiger partial charge in [-0.1, -0.05) is 36.8 Å². The van der Waals surface area contributed by atoms with Gasteiger partial charge in [-0.25, -0.2) is 4.79 Å². The van der Waals surface area contributed by atoms with Crippen LogP contribution < -0.4 is 5.32 Å². The Bertz CT molecular complexity index is 912. The SMILES string of the molecule is CC(NC(CCc1ccccc1)C(=O)O)C(=O)N1C(C(=O)OCCCCO[N+](=O)[O-])CC2CCCC21. The lowest BCUT2D eigenvalue weighted by Crippen LogP contribution is -2.55. The second-order valence-corrected chi connectivity index (χ2v) is 9.49. The zero-order valence-electron chi connectivity index (χ0n) is 20.5. The summed E-state index contributed by atoms with van der Waals surface area (Å²) in [5.41, 5.74) is 1.02. The number of amides is 1. The van der Waals surface area contributed by atoms with E-state index in [1.54, 1.807) is 11.8 Å². The van der Waals surface area contributed by atoms with Crippen molar-refractivity contribution in [3.8, 4) is 0 Å². The van der Waals surface area contributed by atoms with Crippen LogP contribution in [0.5, 0.6) is 0 Å². The van der Waals surface area contributed by atoms with Gasteiger partial charge in [-0.2, -0.15) is 0 Å². The van der Waals surface area contributed by atoms with Crippen LogP contribution in [0, 0.1) is 16.0 Å². The molecular weight excluding hydrogens is 470 g/mol. The number of carbonyl (C=O) groups is 3. The standard InChI is InChI=1S/C25H35N3O8/c1-17(26-20(24(30)31)13-12-18-8-3-2-4-9-18)23(29)27-21-11-7-10-19(21)16-22(27)25(32)35-14-5-6-15-36-28(33)34/h2-4,8-9,17,19-22,26H,5-7,10-16H2,1H3,(H,30,31). The number of esters is 1. The number of hydrogen-bond acceptors (Lipinski definition) is 8. The molecule has 1 saturated heterocycles. The lowest BCUT2D eigenvalue weighted by atomic mass is 10.0. The van der Waals surface area contributed by atoms with E-state index in [-0.39, 0.29) is 31.1 Å². The van der Waals surface area contributed by atoms with E-state index in [1.807, 2.05) is 30.3 Å². The number of aryl methyl sites for hydroxylation is 1. The normalized spacial score (nSPS) is 22.5. The maximum absolute atomic E-state index is 13.5. The molecule has 1 aromatic rings. The Morgan fingerprint density at radius 1 is 1.19 bits per heavy atom. The highest BCUT2D eigenvalue weighted by Crippen LogP contribution is 2.42. The van der Waals surface area contributed by atoms with Crippen LogP contribution in [0.25, 0.3) is 0 Å². The van der Waals surface area contributed by atoms with Crippen LogP contribution in [-0.2, 0) is 30.4 Å². The van der Waals surface area contributed by atoms with Gasteiger partial charge >= 0.3 is 11.9 Å². The topological polar surface area (TPSA) is 148 Å². The summed E-state index contributed by atoms with van der Waals surface area (Å²) in [5.74, 6) is -1.58. The maximum Gasteiger partial charge on any atom is 0.328 e. The van der Waals surface area contributed by atoms with Crippen molar-refractivity contribution in [3.05, 3.63) is 46.0 Å². The first-order valence-corrected chi connectivity index (χ1v) is 12.6. The van der Waals surface area contributed by atoms with Gasteiger partial charge in [0.15, 0.2) is 0 Å². The smallest absolute Gasteiger partial charge is 0.328 e. The molecule has 1 aliphatic carbocycles. The molecule has 1 aliphatic heterocycles. The molecule has 1 aromatic carbocycles. The zero-order valence-corrected chi connectivity index (χ0v) is 20.5. The summed E-state index contributed by atoms with van der Waals surface area (Å²) in [6, 6.07) is 7.11. The minimum atomic E-state index is -1.03. The number of carboxylic acids is 1. The maximum atomic E-state index is 13.5. The molecule has 3 rings (SSSR count). The summed E-state index contributed by atoms with van der Waals surface area (Å²) in [5, 5.41) is 22.0. The van der Waals surface area contributed by atoms with Crippen molar-refractivity contribution < 1.29 is 34.2 Å². The second kappa shape index (κ2) is 13.2. The van der Waals surface area contributed by atoms with E-state index in [1.165, 1.54) is 0 Å². The molecule has 5 atom stereocenters. The van der Waals surface area contributed by atoms with E-state index in [0.29, 0.717) is 32.1 Å². The van der Waals surface area contributed by atoms with Gasteiger partial charge in [0.2, 0.25) is 5.91 Å². The molecule has 0 spiro atoms. The molecule has 0 bridgehead atoms. The number of aliphatic carboxylic acids is 1. The van der Waals surface area contributed by atoms with Crippen molar-refractivity contribution in [2.24, 2.45) is 5.92 Å². The first-order chi connectivity index (χ1) is 17.3. The third-order valence-electron chi connectivity index (χ3n) is 7.03. The molecule has 36 heavy (non-hydrogen) atoms. The monoisotopic (exact) mass is 505 g/mol. The lowest BCUT2D eigenvalue weighted by Gasteiger charge is -2.32. The summed E-state index contributed by atoms with van der Waals surface area (Å²) in [4.78, 5) is 54.3. The highest BCUT2D eigenvalue weighted by atomic mass is 16.9. The number of likely N-dealkylation sites (tertiary alicyclic amines) is 1. The number of carbonyl (C=O) groups excluding carboxylic acids is 2. The fraction of sp³-hybridized carbons (Fsp3) is 0.640. The largest absolute Gasteiger partial charge is 0.480 e. The van der Waals surface area contributed by atoms with Gasteiger partial charge in [0, 0.05) is 6.04 Å². The lowest BCUT2D eigenvalue weighted by molar-refractivity contribution is -0.757. The predicted octanol–water partition coefficient (Wildman–Crippen LogP) is 2.35. The Hall–Kier alpha value is -3.21. The average Bonchev–Trinajstić information content (AvgIpc) is 3.45. The minimum absolute atomic E-state index is 0.0552. The molecule has 198 valence electrons. The van der Waals surface area contributed by atoms with Crippen LogP contribution >= 0.6 is 0 Å². The van der Waals surface area contributed by atoms with Gasteiger partial charge in [0.05, 0.1) is 19.3 Å². The van der Waals surface area contributed by atoms with Crippen LogP contribution in [-0.4, -0.2) is 70.3 Å². The van der Waals surface area contributed by atoms with Gasteiger partial charge in [-0.05, 0) is 63.4 Å². The van der Waals surface area contributed by atoms with E-state index in [4.69, 9.17) is 4.74 Å². The number of hydrogen-bond donors (Lipinski definition) is 2. The first kappa shape index (κ1) is 27.4. The average molecular weight is 506 g/mol. The fourth-order valence-electron chi connectivity index (χ4n) is 5.26. The predicted molar refractivity (Wildman–Crippen MR) is 128 cm³/mol. The molecule has 1 saturated carbocycles. The minimum Gasteiger partial charge on any atom is -0.480 e. The van der Waals surface area contributed by atoms with Crippen molar-refractivity contribution in [2.45, 2.75) is 82.5 Å². The van der Waals surface area contributed by atoms with E-state index in [0.717, 1.165) is 24.8 Å². The van der Waals surface area contributed by atoms with E-state index in [2.05, 4.69) is 10.2 Å². The molecule has 2 fully saturated rings. The molecule has 5 unspecified atom stereocenters. The van der Waals surface area contributed by atoms with Gasteiger partial charge in [0.25, 0.3) is 5.09 Å². The summed E-state index contributed by atoms with van der Waals surface area (Å²) < 4.78 is 5.39. The summed E-state index contributed by atoms with van der Waals surface area (Å²) in [7, 11) is 0. The third-order valence-corrected chi connectivity index (χ3v) is 7.03. The first-order valence-electron chi connectivity index (χ1n) is 12.6. The molecular formula is C25H35N3O8. The van der Waals surface area contributed by atoms with E-state index >= 15 is 0 Å². The number of nitrogens with one attached hydrogen (secondary N) is 1. The van der Waals surface area contributed by atoms with Crippen molar-refractivity contribution in [2.75, 3.05) is 13.2 Å². The number of rotatable bonds is 14. The fourth-order valence-corrected chi connectivity index (χ4v) is 5.26. The Morgan fingerprint density at radius 2 is 1.92 bits per heavy atom. The summed E-state index contributed by atoms with van der Waals surface area (Å²) in [6.07, 6.45) is 4.92. The molecule has 11 heteroatoms. The van der Waals surface area contributed by atoms with Gasteiger partial charge in [-0.15, -0.1) is 10.1 Å². The molecule has 2 aliphatic rings. The second-order valence-electron chi connectivity index (χ2n) is 9.49. The van der Waals surface area contributed by atoms with E-state index < -0.39 is 35.2 Å². The van der Waals surface area contributed by atoms with Crippen molar-refractivity contribution >= 4 is 17.8 Å². The number of unbranched alkanes of at least 4 members (excludes halogenated alkanes) is 1.